The van der Waals surface area contributed by atoms with E-state index >= 15 is 0 Å². The molecule has 1 saturated carbocycles. The van der Waals surface area contributed by atoms with Crippen molar-refractivity contribution in [3.63, 3.8) is 0 Å². The van der Waals surface area contributed by atoms with E-state index in [1.54, 1.807) is 6.07 Å². The Morgan fingerprint density at radius 1 is 1.24 bits per heavy atom. The van der Waals surface area contributed by atoms with Gasteiger partial charge in [0.05, 0.1) is 31.5 Å². The van der Waals surface area contributed by atoms with Crippen molar-refractivity contribution in [2.24, 2.45) is 5.92 Å². The number of H-pyrrole nitrogens is 1. The third kappa shape index (κ3) is 2.54. The van der Waals surface area contributed by atoms with Gasteiger partial charge in [-0.3, -0.25) is 0 Å². The molecule has 0 spiro atoms. The van der Waals surface area contributed by atoms with Crippen LogP contribution in [0.2, 0.25) is 0 Å². The lowest BCUT2D eigenvalue weighted by atomic mass is 10.1. The van der Waals surface area contributed by atoms with Crippen molar-refractivity contribution in [1.82, 2.24) is 19.7 Å². The molecule has 2 heterocycles. The van der Waals surface area contributed by atoms with Crippen molar-refractivity contribution < 1.29 is 13.9 Å². The first-order chi connectivity index (χ1) is 12.0. The van der Waals surface area contributed by atoms with Gasteiger partial charge in [-0.2, -0.15) is 5.10 Å². The number of hydrogen-bond acceptors (Lipinski definition) is 4. The van der Waals surface area contributed by atoms with Crippen molar-refractivity contribution in [3.8, 4) is 22.9 Å². The minimum absolute atomic E-state index is 0.294. The van der Waals surface area contributed by atoms with Gasteiger partial charge in [0.25, 0.3) is 0 Å². The molecule has 1 unspecified atom stereocenters. The molecule has 1 aromatic carbocycles. The molecule has 3 aromatic rings. The van der Waals surface area contributed by atoms with Crippen LogP contribution in [0.25, 0.3) is 22.6 Å². The molecular weight excluding hydrogens is 323 g/mol. The van der Waals surface area contributed by atoms with Gasteiger partial charge in [-0.05, 0) is 38.7 Å². The Morgan fingerprint density at radius 3 is 2.56 bits per heavy atom. The molecule has 1 aliphatic rings. The number of halogens is 1. The monoisotopic (exact) mass is 344 g/mol. The summed E-state index contributed by atoms with van der Waals surface area (Å²) in [7, 11) is 3.01. The van der Waals surface area contributed by atoms with Gasteiger partial charge in [-0.25, -0.2) is 14.1 Å². The lowest BCUT2D eigenvalue weighted by Crippen LogP contribution is -2.09. The molecule has 1 aliphatic carbocycles. The zero-order chi connectivity index (χ0) is 17.7. The van der Waals surface area contributed by atoms with Crippen LogP contribution >= 0.6 is 0 Å². The molecule has 25 heavy (non-hydrogen) atoms. The summed E-state index contributed by atoms with van der Waals surface area (Å²) < 4.78 is 26.9. The Kier molecular flexibility index (Phi) is 3.67. The summed E-state index contributed by atoms with van der Waals surface area (Å²) in [6, 6.07) is 3.21. The second-order valence-electron chi connectivity index (χ2n) is 6.58. The molecular formula is C18H21FN4O2. The van der Waals surface area contributed by atoms with E-state index in [0.29, 0.717) is 34.8 Å². The maximum atomic E-state index is 14.6. The van der Waals surface area contributed by atoms with E-state index in [0.717, 1.165) is 16.9 Å². The zero-order valence-electron chi connectivity index (χ0n) is 14.8. The summed E-state index contributed by atoms with van der Waals surface area (Å²) in [6.45, 7) is 4.10. The Labute approximate surface area is 145 Å². The molecule has 6 nitrogen and oxygen atoms in total. The SMILES string of the molecule is COc1cc(F)c(-c2nc3c([nH]2)c(C)nn3C(C)C2CC2)cc1OC. The number of nitrogens with zero attached hydrogens (tertiary/aromatic N) is 3. The van der Waals surface area contributed by atoms with Crippen molar-refractivity contribution in [3.05, 3.63) is 23.6 Å². The molecule has 0 bridgehead atoms. The van der Waals surface area contributed by atoms with Crippen LogP contribution in [0.5, 0.6) is 11.5 Å². The van der Waals surface area contributed by atoms with Gasteiger partial charge in [-0.1, -0.05) is 0 Å². The maximum absolute atomic E-state index is 14.6. The quantitative estimate of drug-likeness (QED) is 0.763. The number of ether oxygens (including phenoxy) is 2. The van der Waals surface area contributed by atoms with Crippen LogP contribution in [0.4, 0.5) is 4.39 Å². The lowest BCUT2D eigenvalue weighted by Gasteiger charge is -2.11. The van der Waals surface area contributed by atoms with Gasteiger partial charge >= 0.3 is 0 Å². The molecule has 2 aromatic heterocycles. The highest BCUT2D eigenvalue weighted by atomic mass is 19.1. The predicted octanol–water partition coefficient (Wildman–Crippen LogP) is 3.86. The predicted molar refractivity (Wildman–Crippen MR) is 92.5 cm³/mol. The van der Waals surface area contributed by atoms with E-state index in [2.05, 4.69) is 22.0 Å². The molecule has 0 amide bonds. The number of aryl methyl sites for hydroxylation is 1. The molecule has 0 saturated heterocycles. The summed E-state index contributed by atoms with van der Waals surface area (Å²) in [5.74, 6) is 1.52. The van der Waals surface area contributed by atoms with Crippen molar-refractivity contribution in [2.45, 2.75) is 32.7 Å². The van der Waals surface area contributed by atoms with Crippen LogP contribution in [0, 0.1) is 18.7 Å². The second-order valence-corrected chi connectivity index (χ2v) is 6.58. The third-order valence-electron chi connectivity index (χ3n) is 4.94. The Hall–Kier alpha value is -2.57. The van der Waals surface area contributed by atoms with E-state index in [4.69, 9.17) is 9.47 Å². The fourth-order valence-electron chi connectivity index (χ4n) is 3.27. The number of nitrogens with one attached hydrogen (secondary N) is 1. The third-order valence-corrected chi connectivity index (χ3v) is 4.94. The summed E-state index contributed by atoms with van der Waals surface area (Å²) in [4.78, 5) is 7.85. The number of methoxy groups -OCH3 is 2. The summed E-state index contributed by atoms with van der Waals surface area (Å²) in [5.41, 5.74) is 2.82. The first-order valence-corrected chi connectivity index (χ1v) is 8.40. The molecule has 7 heteroatoms. The summed E-state index contributed by atoms with van der Waals surface area (Å²) in [6.07, 6.45) is 2.45. The summed E-state index contributed by atoms with van der Waals surface area (Å²) in [5, 5.41) is 4.61. The fraction of sp³-hybridized carbons (Fsp3) is 0.444. The maximum Gasteiger partial charge on any atom is 0.177 e. The minimum atomic E-state index is -0.415. The molecule has 0 aliphatic heterocycles. The molecule has 132 valence electrons. The van der Waals surface area contributed by atoms with Gasteiger partial charge in [0.1, 0.15) is 17.2 Å². The van der Waals surface area contributed by atoms with E-state index in [1.807, 2.05) is 11.6 Å². The highest BCUT2D eigenvalue weighted by Gasteiger charge is 2.31. The van der Waals surface area contributed by atoms with Crippen molar-refractivity contribution in [1.29, 1.82) is 0 Å². The van der Waals surface area contributed by atoms with Crippen molar-refractivity contribution in [2.75, 3.05) is 14.2 Å². The average molecular weight is 344 g/mol. The highest BCUT2D eigenvalue weighted by molar-refractivity contribution is 5.79. The van der Waals surface area contributed by atoms with Crippen LogP contribution in [0.3, 0.4) is 0 Å². The van der Waals surface area contributed by atoms with Gasteiger partial charge in [0.2, 0.25) is 0 Å². The standard InChI is InChI=1S/C18H21FN4O2/c1-9-16-18(23(22-9)10(2)11-5-6-11)21-17(20-16)12-7-14(24-3)15(25-4)8-13(12)19/h7-8,10-11H,5-6H2,1-4H3,(H,20,21). The summed E-state index contributed by atoms with van der Waals surface area (Å²) >= 11 is 0. The minimum Gasteiger partial charge on any atom is -0.493 e. The van der Waals surface area contributed by atoms with Gasteiger partial charge < -0.3 is 14.5 Å². The van der Waals surface area contributed by atoms with Gasteiger partial charge in [0.15, 0.2) is 17.1 Å². The Balaban J connectivity index is 1.84. The first kappa shape index (κ1) is 15.9. The van der Waals surface area contributed by atoms with Crippen LogP contribution in [0.1, 0.15) is 31.5 Å². The largest absolute Gasteiger partial charge is 0.493 e. The number of rotatable bonds is 5. The number of aromatic amines is 1. The van der Waals surface area contributed by atoms with Crippen LogP contribution in [-0.2, 0) is 0 Å². The molecule has 1 N–H and O–H groups in total. The van der Waals surface area contributed by atoms with E-state index in [-0.39, 0.29) is 0 Å². The molecule has 0 radical (unpaired) electrons. The van der Waals surface area contributed by atoms with Gasteiger partial charge in [-0.15, -0.1) is 0 Å². The lowest BCUT2D eigenvalue weighted by molar-refractivity contribution is 0.352. The number of aromatic nitrogens is 4. The normalized spacial score (nSPS) is 15.6. The van der Waals surface area contributed by atoms with Crippen molar-refractivity contribution >= 4 is 11.2 Å². The Bertz CT molecular complexity index is 942. The zero-order valence-corrected chi connectivity index (χ0v) is 14.8. The van der Waals surface area contributed by atoms with Gasteiger partial charge in [0, 0.05) is 6.07 Å². The number of imidazole rings is 1. The smallest absolute Gasteiger partial charge is 0.177 e. The topological polar surface area (TPSA) is 65.0 Å². The van der Waals surface area contributed by atoms with E-state index in [9.17, 15) is 4.39 Å². The number of hydrogen-bond donors (Lipinski definition) is 1. The molecule has 1 fully saturated rings. The second kappa shape index (κ2) is 5.75. The van der Waals surface area contributed by atoms with Crippen LogP contribution in [-0.4, -0.2) is 34.0 Å². The van der Waals surface area contributed by atoms with Crippen LogP contribution < -0.4 is 9.47 Å². The van der Waals surface area contributed by atoms with E-state index in [1.165, 1.54) is 33.1 Å². The first-order valence-electron chi connectivity index (χ1n) is 8.40. The Morgan fingerprint density at radius 2 is 1.92 bits per heavy atom. The molecule has 4 rings (SSSR count). The fourth-order valence-corrected chi connectivity index (χ4v) is 3.27. The number of fused-ring (bicyclic) bond motifs is 1. The number of benzene rings is 1. The molecule has 1 atom stereocenters. The average Bonchev–Trinajstić information content (AvgIpc) is 3.30. The van der Waals surface area contributed by atoms with Crippen LogP contribution in [0.15, 0.2) is 12.1 Å². The van der Waals surface area contributed by atoms with E-state index < -0.39 is 5.82 Å². The highest BCUT2D eigenvalue weighted by Crippen LogP contribution is 2.41.